The highest BCUT2D eigenvalue weighted by Crippen LogP contribution is 2.22. The lowest BCUT2D eigenvalue weighted by atomic mass is 10.2. The summed E-state index contributed by atoms with van der Waals surface area (Å²) in [6.45, 7) is 2.91. The van der Waals surface area contributed by atoms with E-state index in [1.54, 1.807) is 11.3 Å². The van der Waals surface area contributed by atoms with Crippen molar-refractivity contribution in [2.45, 2.75) is 19.5 Å². The monoisotopic (exact) mass is 284 g/mol. The van der Waals surface area contributed by atoms with E-state index >= 15 is 0 Å². The highest BCUT2D eigenvalue weighted by atomic mass is 79.9. The van der Waals surface area contributed by atoms with Crippen molar-refractivity contribution in [3.05, 3.63) is 44.8 Å². The van der Waals surface area contributed by atoms with Gasteiger partial charge in [-0.3, -0.25) is 0 Å². The van der Waals surface area contributed by atoms with E-state index in [-0.39, 0.29) is 6.04 Å². The summed E-state index contributed by atoms with van der Waals surface area (Å²) in [7, 11) is 0. The van der Waals surface area contributed by atoms with Crippen molar-refractivity contribution in [2.24, 2.45) is 5.73 Å². The third kappa shape index (κ3) is 2.51. The van der Waals surface area contributed by atoms with E-state index in [0.29, 0.717) is 0 Å². The normalized spacial score (nSPS) is 13.0. The molecule has 0 spiro atoms. The minimum atomic E-state index is 0.0865. The van der Waals surface area contributed by atoms with Gasteiger partial charge in [-0.05, 0) is 41.1 Å². The van der Waals surface area contributed by atoms with Crippen LogP contribution < -0.4 is 5.73 Å². The van der Waals surface area contributed by atoms with Crippen LogP contribution in [0.25, 0.3) is 0 Å². The SMILES string of the molecule is CC(N)c1cccn1Cc1cc(Br)cs1. The average molecular weight is 285 g/mol. The first-order chi connectivity index (χ1) is 7.16. The Bertz CT molecular complexity index is 445. The van der Waals surface area contributed by atoms with Gasteiger partial charge in [0, 0.05) is 32.7 Å². The van der Waals surface area contributed by atoms with Gasteiger partial charge < -0.3 is 10.3 Å². The molecule has 0 aliphatic rings. The first-order valence-corrected chi connectivity index (χ1v) is 6.47. The highest BCUT2D eigenvalue weighted by molar-refractivity contribution is 9.10. The molecule has 0 saturated carbocycles. The van der Waals surface area contributed by atoms with Crippen molar-refractivity contribution in [1.82, 2.24) is 4.57 Å². The molecule has 2 heterocycles. The molecule has 4 heteroatoms. The fourth-order valence-corrected chi connectivity index (χ4v) is 3.04. The zero-order chi connectivity index (χ0) is 10.8. The van der Waals surface area contributed by atoms with Crippen molar-refractivity contribution in [3.63, 3.8) is 0 Å². The third-order valence-corrected chi connectivity index (χ3v) is 3.96. The zero-order valence-corrected chi connectivity index (χ0v) is 10.9. The van der Waals surface area contributed by atoms with E-state index in [0.717, 1.165) is 11.0 Å². The van der Waals surface area contributed by atoms with Gasteiger partial charge in [0.15, 0.2) is 0 Å². The lowest BCUT2D eigenvalue weighted by molar-refractivity contribution is 0.680. The number of halogens is 1. The average Bonchev–Trinajstić information content (AvgIpc) is 2.75. The second kappa shape index (κ2) is 4.51. The van der Waals surface area contributed by atoms with E-state index < -0.39 is 0 Å². The molecule has 2 N–H and O–H groups in total. The maximum atomic E-state index is 5.89. The Morgan fingerprint density at radius 1 is 1.60 bits per heavy atom. The molecular weight excluding hydrogens is 272 g/mol. The predicted molar refractivity (Wildman–Crippen MR) is 68.2 cm³/mol. The van der Waals surface area contributed by atoms with Crippen LogP contribution in [0.1, 0.15) is 23.5 Å². The molecule has 2 aromatic heterocycles. The Balaban J connectivity index is 2.20. The minimum Gasteiger partial charge on any atom is -0.345 e. The lowest BCUT2D eigenvalue weighted by Gasteiger charge is -2.10. The summed E-state index contributed by atoms with van der Waals surface area (Å²) in [5.74, 6) is 0. The number of thiophene rings is 1. The van der Waals surface area contributed by atoms with E-state index in [1.807, 2.05) is 13.0 Å². The Morgan fingerprint density at radius 2 is 2.40 bits per heavy atom. The molecule has 1 atom stereocenters. The van der Waals surface area contributed by atoms with Gasteiger partial charge in [0.1, 0.15) is 0 Å². The van der Waals surface area contributed by atoms with E-state index in [4.69, 9.17) is 5.73 Å². The van der Waals surface area contributed by atoms with Crippen molar-refractivity contribution < 1.29 is 0 Å². The number of hydrogen-bond donors (Lipinski definition) is 1. The molecule has 1 unspecified atom stereocenters. The fourth-order valence-electron chi connectivity index (χ4n) is 1.59. The Labute approximate surface area is 102 Å². The Hall–Kier alpha value is -0.580. The number of nitrogens with zero attached hydrogens (tertiary/aromatic N) is 1. The van der Waals surface area contributed by atoms with Crippen LogP contribution >= 0.6 is 27.3 Å². The topological polar surface area (TPSA) is 30.9 Å². The van der Waals surface area contributed by atoms with E-state index in [2.05, 4.69) is 44.2 Å². The van der Waals surface area contributed by atoms with Crippen molar-refractivity contribution in [1.29, 1.82) is 0 Å². The molecule has 0 aliphatic heterocycles. The second-order valence-corrected chi connectivity index (χ2v) is 5.49. The van der Waals surface area contributed by atoms with Crippen LogP contribution in [-0.2, 0) is 6.54 Å². The van der Waals surface area contributed by atoms with Gasteiger partial charge in [0.25, 0.3) is 0 Å². The van der Waals surface area contributed by atoms with Crippen LogP contribution in [0.5, 0.6) is 0 Å². The molecule has 2 rings (SSSR count). The minimum absolute atomic E-state index is 0.0865. The van der Waals surface area contributed by atoms with Gasteiger partial charge in [-0.1, -0.05) is 0 Å². The van der Waals surface area contributed by atoms with Gasteiger partial charge >= 0.3 is 0 Å². The summed E-state index contributed by atoms with van der Waals surface area (Å²) < 4.78 is 3.35. The fraction of sp³-hybridized carbons (Fsp3) is 0.273. The maximum absolute atomic E-state index is 5.89. The lowest BCUT2D eigenvalue weighted by Crippen LogP contribution is -2.11. The molecule has 0 radical (unpaired) electrons. The predicted octanol–water partition coefficient (Wildman–Crippen LogP) is 3.38. The van der Waals surface area contributed by atoms with Gasteiger partial charge in [-0.15, -0.1) is 11.3 Å². The third-order valence-electron chi connectivity index (χ3n) is 2.28. The van der Waals surface area contributed by atoms with E-state index in [1.165, 1.54) is 10.6 Å². The molecule has 2 aromatic rings. The summed E-state index contributed by atoms with van der Waals surface area (Å²) in [6.07, 6.45) is 2.08. The van der Waals surface area contributed by atoms with Crippen LogP contribution in [0, 0.1) is 0 Å². The van der Waals surface area contributed by atoms with Crippen LogP contribution in [0.2, 0.25) is 0 Å². The first-order valence-electron chi connectivity index (χ1n) is 4.80. The summed E-state index contributed by atoms with van der Waals surface area (Å²) in [4.78, 5) is 1.33. The Morgan fingerprint density at radius 3 is 3.00 bits per heavy atom. The number of aromatic nitrogens is 1. The first kappa shape index (κ1) is 10.9. The van der Waals surface area contributed by atoms with Crippen molar-refractivity contribution in [2.75, 3.05) is 0 Å². The molecule has 0 aliphatic carbocycles. The maximum Gasteiger partial charge on any atom is 0.0567 e. The molecule has 0 fully saturated rings. The smallest absolute Gasteiger partial charge is 0.0567 e. The second-order valence-electron chi connectivity index (χ2n) is 3.58. The van der Waals surface area contributed by atoms with Gasteiger partial charge in [-0.2, -0.15) is 0 Å². The van der Waals surface area contributed by atoms with Crippen LogP contribution in [0.4, 0.5) is 0 Å². The zero-order valence-electron chi connectivity index (χ0n) is 8.48. The number of nitrogens with two attached hydrogens (primary N) is 1. The molecule has 2 nitrogen and oxygen atoms in total. The molecule has 0 amide bonds. The summed E-state index contributed by atoms with van der Waals surface area (Å²) in [5, 5.41) is 2.10. The van der Waals surface area contributed by atoms with Gasteiger partial charge in [0.2, 0.25) is 0 Å². The molecule has 80 valence electrons. The number of hydrogen-bond acceptors (Lipinski definition) is 2. The largest absolute Gasteiger partial charge is 0.345 e. The molecule has 0 saturated heterocycles. The van der Waals surface area contributed by atoms with Crippen molar-refractivity contribution >= 4 is 27.3 Å². The van der Waals surface area contributed by atoms with E-state index in [9.17, 15) is 0 Å². The highest BCUT2D eigenvalue weighted by Gasteiger charge is 2.06. The standard InChI is InChI=1S/C11H13BrN2S/c1-8(13)11-3-2-4-14(11)6-10-5-9(12)7-15-10/h2-5,7-8H,6,13H2,1H3. The summed E-state index contributed by atoms with van der Waals surface area (Å²) in [5.41, 5.74) is 7.07. The summed E-state index contributed by atoms with van der Waals surface area (Å²) in [6, 6.07) is 6.35. The Kier molecular flexibility index (Phi) is 3.29. The van der Waals surface area contributed by atoms with Crippen LogP contribution in [0.15, 0.2) is 34.2 Å². The van der Waals surface area contributed by atoms with Crippen LogP contribution in [0.3, 0.4) is 0 Å². The van der Waals surface area contributed by atoms with Gasteiger partial charge in [-0.25, -0.2) is 0 Å². The van der Waals surface area contributed by atoms with Gasteiger partial charge in [0.05, 0.1) is 6.54 Å². The molecule has 0 aromatic carbocycles. The summed E-state index contributed by atoms with van der Waals surface area (Å²) >= 11 is 5.22. The van der Waals surface area contributed by atoms with Crippen molar-refractivity contribution in [3.8, 4) is 0 Å². The number of rotatable bonds is 3. The molecule has 0 bridgehead atoms. The molecular formula is C11H13BrN2S. The van der Waals surface area contributed by atoms with Crippen LogP contribution in [-0.4, -0.2) is 4.57 Å². The molecule has 15 heavy (non-hydrogen) atoms. The quantitative estimate of drug-likeness (QED) is 0.920.